The average molecular weight is 482 g/mol. The molecule has 8 nitrogen and oxygen atoms in total. The molecule has 0 radical (unpaired) electrons. The fraction of sp³-hybridized carbons (Fsp3) is 0.407. The first-order valence-electron chi connectivity index (χ1n) is 11.9. The van der Waals surface area contributed by atoms with Crippen LogP contribution in [0.3, 0.4) is 0 Å². The van der Waals surface area contributed by atoms with Crippen LogP contribution in [0.2, 0.25) is 0 Å². The summed E-state index contributed by atoms with van der Waals surface area (Å²) in [7, 11) is 3.17. The lowest BCUT2D eigenvalue weighted by molar-refractivity contribution is 0.201. The van der Waals surface area contributed by atoms with Gasteiger partial charge in [0.1, 0.15) is 11.5 Å². The first-order chi connectivity index (χ1) is 16.8. The lowest BCUT2D eigenvalue weighted by Gasteiger charge is -2.25. The number of aryl methyl sites for hydroxylation is 2. The molecule has 1 N–H and O–H groups in total. The molecule has 0 fully saturated rings. The van der Waals surface area contributed by atoms with E-state index >= 15 is 0 Å². The third-order valence-electron chi connectivity index (χ3n) is 6.19. The van der Waals surface area contributed by atoms with Crippen LogP contribution in [0.4, 0.5) is 10.5 Å². The summed E-state index contributed by atoms with van der Waals surface area (Å²) < 4.78 is 17.1. The number of hydrogen-bond donors (Lipinski definition) is 1. The number of ether oxygens (including phenoxy) is 3. The van der Waals surface area contributed by atoms with Gasteiger partial charge in [-0.3, -0.25) is 9.88 Å². The topological polar surface area (TPSA) is 84.4 Å². The minimum atomic E-state index is -0.957. The van der Waals surface area contributed by atoms with Crippen LogP contribution in [0.15, 0.2) is 36.5 Å². The van der Waals surface area contributed by atoms with Gasteiger partial charge in [-0.1, -0.05) is 13.8 Å². The largest absolute Gasteiger partial charge is 0.493 e. The predicted octanol–water partition coefficient (Wildman–Crippen LogP) is 5.88. The van der Waals surface area contributed by atoms with Gasteiger partial charge in [-0.05, 0) is 75.3 Å². The molecule has 1 amide bonds. The molecular formula is C27H35N3O5. The quantitative estimate of drug-likeness (QED) is 0.366. The molecule has 0 saturated heterocycles. The van der Waals surface area contributed by atoms with Crippen LogP contribution in [-0.4, -0.2) is 61.5 Å². The van der Waals surface area contributed by atoms with Gasteiger partial charge in [0.05, 0.1) is 25.4 Å². The molecule has 0 unspecified atom stereocenters. The Kier molecular flexibility index (Phi) is 8.76. The van der Waals surface area contributed by atoms with Crippen LogP contribution in [0.25, 0.3) is 10.9 Å². The molecule has 0 spiro atoms. The number of aromatic nitrogens is 1. The van der Waals surface area contributed by atoms with Crippen molar-refractivity contribution in [1.29, 1.82) is 0 Å². The van der Waals surface area contributed by atoms with E-state index in [1.54, 1.807) is 26.5 Å². The van der Waals surface area contributed by atoms with E-state index < -0.39 is 6.09 Å². The van der Waals surface area contributed by atoms with E-state index in [0.29, 0.717) is 35.2 Å². The van der Waals surface area contributed by atoms with E-state index in [4.69, 9.17) is 14.2 Å². The van der Waals surface area contributed by atoms with Gasteiger partial charge in [-0.2, -0.15) is 0 Å². The zero-order valence-corrected chi connectivity index (χ0v) is 21.4. The van der Waals surface area contributed by atoms with Gasteiger partial charge >= 0.3 is 6.09 Å². The normalized spacial score (nSPS) is 11.1. The van der Waals surface area contributed by atoms with Crippen LogP contribution in [-0.2, 0) is 0 Å². The Hall–Kier alpha value is -3.52. The van der Waals surface area contributed by atoms with Crippen molar-refractivity contribution in [2.45, 2.75) is 34.1 Å². The minimum absolute atomic E-state index is 0.433. The third-order valence-corrected chi connectivity index (χ3v) is 6.19. The summed E-state index contributed by atoms with van der Waals surface area (Å²) in [5, 5.41) is 10.7. The molecule has 35 heavy (non-hydrogen) atoms. The number of carboxylic acid groups (broad SMARTS) is 1. The standard InChI is InChI=1S/C27H35N3O5/c1-7-29(8-2)12-9-13-30(27(31)32)22-14-19(4)24(15-18(22)3)35-23-10-11-28-21-17-26(34-6)25(33-5)16-20(21)23/h10-11,14-17H,7-9,12-13H2,1-6H3,(H,31,32). The summed E-state index contributed by atoms with van der Waals surface area (Å²) in [4.78, 5) is 20.2. The van der Waals surface area contributed by atoms with E-state index in [2.05, 4.69) is 23.7 Å². The maximum atomic E-state index is 12.1. The van der Waals surface area contributed by atoms with Gasteiger partial charge in [0.2, 0.25) is 0 Å². The highest BCUT2D eigenvalue weighted by molar-refractivity contribution is 5.89. The fourth-order valence-corrected chi connectivity index (χ4v) is 4.14. The lowest BCUT2D eigenvalue weighted by atomic mass is 10.1. The number of anilines is 1. The van der Waals surface area contributed by atoms with Crippen LogP contribution in [0, 0.1) is 13.8 Å². The highest BCUT2D eigenvalue weighted by atomic mass is 16.5. The molecule has 0 bridgehead atoms. The number of fused-ring (bicyclic) bond motifs is 1. The average Bonchev–Trinajstić information content (AvgIpc) is 2.85. The smallest absolute Gasteiger partial charge is 0.411 e. The molecule has 3 aromatic rings. The fourth-order valence-electron chi connectivity index (χ4n) is 4.14. The maximum absolute atomic E-state index is 12.1. The van der Waals surface area contributed by atoms with Crippen LogP contribution < -0.4 is 19.1 Å². The first kappa shape index (κ1) is 26.1. The summed E-state index contributed by atoms with van der Waals surface area (Å²) in [5.41, 5.74) is 3.06. The number of methoxy groups -OCH3 is 2. The monoisotopic (exact) mass is 481 g/mol. The van der Waals surface area contributed by atoms with Crippen molar-refractivity contribution in [3.63, 3.8) is 0 Å². The number of pyridine rings is 1. The molecule has 2 aromatic carbocycles. The Morgan fingerprint density at radius 2 is 1.60 bits per heavy atom. The summed E-state index contributed by atoms with van der Waals surface area (Å²) in [6.45, 7) is 11.3. The Balaban J connectivity index is 1.89. The number of rotatable bonds is 11. The second-order valence-corrected chi connectivity index (χ2v) is 8.35. The Bertz CT molecular complexity index is 1180. The highest BCUT2D eigenvalue weighted by Gasteiger charge is 2.19. The molecule has 0 saturated carbocycles. The van der Waals surface area contributed by atoms with Crippen LogP contribution in [0.1, 0.15) is 31.4 Å². The van der Waals surface area contributed by atoms with Gasteiger partial charge < -0.3 is 24.2 Å². The van der Waals surface area contributed by atoms with Crippen molar-refractivity contribution >= 4 is 22.7 Å². The maximum Gasteiger partial charge on any atom is 0.411 e. The molecule has 0 atom stereocenters. The summed E-state index contributed by atoms with van der Waals surface area (Å²) >= 11 is 0. The minimum Gasteiger partial charge on any atom is -0.493 e. The first-order valence-corrected chi connectivity index (χ1v) is 11.9. The van der Waals surface area contributed by atoms with E-state index in [-0.39, 0.29) is 0 Å². The second kappa shape index (κ2) is 11.8. The summed E-state index contributed by atoms with van der Waals surface area (Å²) in [6.07, 6.45) is 1.49. The second-order valence-electron chi connectivity index (χ2n) is 8.35. The molecule has 1 heterocycles. The van der Waals surface area contributed by atoms with Gasteiger partial charge in [0.15, 0.2) is 11.5 Å². The number of amides is 1. The Labute approximate surface area is 207 Å². The molecule has 0 aliphatic carbocycles. The molecular weight excluding hydrogens is 446 g/mol. The number of nitrogens with zero attached hydrogens (tertiary/aromatic N) is 3. The van der Waals surface area contributed by atoms with Crippen molar-refractivity contribution in [2.75, 3.05) is 45.3 Å². The van der Waals surface area contributed by atoms with E-state index in [1.165, 1.54) is 4.90 Å². The summed E-state index contributed by atoms with van der Waals surface area (Å²) in [6, 6.07) is 9.22. The predicted molar refractivity (Wildman–Crippen MR) is 139 cm³/mol. The highest BCUT2D eigenvalue weighted by Crippen LogP contribution is 2.38. The van der Waals surface area contributed by atoms with Gasteiger partial charge in [-0.25, -0.2) is 4.79 Å². The van der Waals surface area contributed by atoms with Crippen molar-refractivity contribution in [3.8, 4) is 23.0 Å². The third kappa shape index (κ3) is 5.95. The SMILES string of the molecule is CCN(CC)CCCN(C(=O)O)c1cc(C)c(Oc2ccnc3cc(OC)c(OC)cc23)cc1C. The zero-order valence-electron chi connectivity index (χ0n) is 21.4. The lowest BCUT2D eigenvalue weighted by Crippen LogP contribution is -2.34. The van der Waals surface area contributed by atoms with Crippen molar-refractivity contribution in [1.82, 2.24) is 9.88 Å². The van der Waals surface area contributed by atoms with Crippen molar-refractivity contribution in [3.05, 3.63) is 47.7 Å². The summed E-state index contributed by atoms with van der Waals surface area (Å²) in [5.74, 6) is 2.46. The van der Waals surface area contributed by atoms with Gasteiger partial charge in [-0.15, -0.1) is 0 Å². The molecule has 8 heteroatoms. The molecule has 0 aliphatic rings. The van der Waals surface area contributed by atoms with Crippen molar-refractivity contribution < 1.29 is 24.1 Å². The molecule has 3 rings (SSSR count). The molecule has 188 valence electrons. The zero-order chi connectivity index (χ0) is 25.5. The van der Waals surface area contributed by atoms with Crippen LogP contribution >= 0.6 is 0 Å². The van der Waals surface area contributed by atoms with E-state index in [0.717, 1.165) is 48.1 Å². The van der Waals surface area contributed by atoms with Crippen LogP contribution in [0.5, 0.6) is 23.0 Å². The van der Waals surface area contributed by atoms with Crippen molar-refractivity contribution in [2.24, 2.45) is 0 Å². The number of carbonyl (C=O) groups is 1. The van der Waals surface area contributed by atoms with E-state index in [9.17, 15) is 9.90 Å². The Morgan fingerprint density at radius 3 is 2.23 bits per heavy atom. The Morgan fingerprint density at radius 1 is 0.914 bits per heavy atom. The van der Waals surface area contributed by atoms with E-state index in [1.807, 2.05) is 38.1 Å². The van der Waals surface area contributed by atoms with Gasteiger partial charge in [0.25, 0.3) is 0 Å². The molecule has 1 aromatic heterocycles. The number of benzene rings is 2. The number of hydrogen-bond acceptors (Lipinski definition) is 6. The molecule has 0 aliphatic heterocycles. The van der Waals surface area contributed by atoms with Gasteiger partial charge in [0, 0.05) is 24.2 Å².